The molecular weight excluding hydrogens is 538 g/mol. The number of hydrogen-bond acceptors (Lipinski definition) is 9. The molecule has 9 nitrogen and oxygen atoms in total. The minimum absolute atomic E-state index is 0.118. The normalized spacial score (nSPS) is 20.6. The zero-order chi connectivity index (χ0) is 27.4. The van der Waals surface area contributed by atoms with Crippen molar-refractivity contribution in [2.45, 2.75) is 54.5 Å². The first-order chi connectivity index (χ1) is 18.7. The maximum Gasteiger partial charge on any atom is 0.234 e. The summed E-state index contributed by atoms with van der Waals surface area (Å²) in [4.78, 5) is 33.6. The summed E-state index contributed by atoms with van der Waals surface area (Å²) in [7, 11) is -3.35. The Balaban J connectivity index is 1.28. The molecule has 2 N–H and O–H groups in total. The number of likely N-dealkylation sites (tertiary alicyclic amines) is 1. The number of amides is 1. The van der Waals surface area contributed by atoms with Crippen LogP contribution in [0.3, 0.4) is 0 Å². The first kappa shape index (κ1) is 26.0. The van der Waals surface area contributed by atoms with Crippen LogP contribution in [0.4, 0.5) is 0 Å². The number of carbonyl (C=O) groups is 2. The van der Waals surface area contributed by atoms with E-state index in [0.29, 0.717) is 29.5 Å². The van der Waals surface area contributed by atoms with Crippen LogP contribution in [-0.4, -0.2) is 55.6 Å². The second kappa shape index (κ2) is 9.72. The molecule has 11 heteroatoms. The van der Waals surface area contributed by atoms with Crippen molar-refractivity contribution in [2.24, 2.45) is 5.73 Å². The molecule has 1 aromatic heterocycles. The highest BCUT2D eigenvalue weighted by atomic mass is 32.2. The van der Waals surface area contributed by atoms with Crippen LogP contribution in [-0.2, 0) is 31.3 Å². The van der Waals surface area contributed by atoms with Gasteiger partial charge in [0.25, 0.3) is 0 Å². The lowest BCUT2D eigenvalue weighted by Gasteiger charge is -2.31. The number of ketones is 1. The Hall–Kier alpha value is -3.28. The fourth-order valence-corrected chi connectivity index (χ4v) is 7.41. The number of Topliss-reactive ketones (excluding diaryl/α,β-unsaturated/α-hetero) is 1. The molecule has 0 radical (unpaired) electrons. The van der Waals surface area contributed by atoms with Gasteiger partial charge in [0.2, 0.25) is 12.7 Å². The summed E-state index contributed by atoms with van der Waals surface area (Å²) in [5.41, 5.74) is 7.00. The van der Waals surface area contributed by atoms with Crippen LogP contribution in [0.1, 0.15) is 52.7 Å². The van der Waals surface area contributed by atoms with Crippen molar-refractivity contribution < 1.29 is 27.5 Å². The van der Waals surface area contributed by atoms with Gasteiger partial charge in [0, 0.05) is 17.3 Å². The van der Waals surface area contributed by atoms with E-state index in [1.54, 1.807) is 30.5 Å². The Morgan fingerprint density at radius 3 is 2.59 bits per heavy atom. The number of benzene rings is 2. The zero-order valence-electron chi connectivity index (χ0n) is 21.5. The van der Waals surface area contributed by atoms with E-state index in [2.05, 4.69) is 9.88 Å². The Morgan fingerprint density at radius 2 is 1.90 bits per heavy atom. The number of aromatic nitrogens is 1. The number of sulfone groups is 1. The summed E-state index contributed by atoms with van der Waals surface area (Å²) in [6, 6.07) is 11.7. The van der Waals surface area contributed by atoms with Crippen molar-refractivity contribution in [3.63, 3.8) is 0 Å². The second-order valence-electron chi connectivity index (χ2n) is 10.4. The fourth-order valence-electron chi connectivity index (χ4n) is 5.71. The highest BCUT2D eigenvalue weighted by Gasteiger charge is 2.51. The summed E-state index contributed by atoms with van der Waals surface area (Å²) in [5, 5.41) is 0.703. The lowest BCUT2D eigenvalue weighted by atomic mass is 9.89. The lowest BCUT2D eigenvalue weighted by Crippen LogP contribution is -2.42. The Morgan fingerprint density at radius 1 is 1.15 bits per heavy atom. The molecule has 1 amide bonds. The summed E-state index contributed by atoms with van der Waals surface area (Å²) in [5.74, 6) is 1.10. The number of nitrogens with two attached hydrogens (primary N) is 1. The number of ether oxygens (including phenoxy) is 2. The number of fused-ring (bicyclic) bond motifs is 1. The van der Waals surface area contributed by atoms with Crippen LogP contribution in [0, 0.1) is 0 Å². The first-order valence-corrected chi connectivity index (χ1v) is 15.6. The van der Waals surface area contributed by atoms with Crippen molar-refractivity contribution >= 4 is 32.9 Å². The number of thiazole rings is 1. The maximum atomic E-state index is 13.5. The van der Waals surface area contributed by atoms with Gasteiger partial charge >= 0.3 is 0 Å². The van der Waals surface area contributed by atoms with Gasteiger partial charge in [0.05, 0.1) is 28.8 Å². The number of primary amides is 1. The molecule has 0 spiro atoms. The quantitative estimate of drug-likeness (QED) is 0.418. The van der Waals surface area contributed by atoms with Gasteiger partial charge in [-0.25, -0.2) is 13.4 Å². The summed E-state index contributed by atoms with van der Waals surface area (Å²) >= 11 is 1.45. The molecule has 3 heterocycles. The van der Waals surface area contributed by atoms with E-state index in [1.807, 2.05) is 18.2 Å². The number of carbonyl (C=O) groups excluding carboxylic acids is 2. The molecule has 2 fully saturated rings. The van der Waals surface area contributed by atoms with E-state index in [1.165, 1.54) is 17.6 Å². The van der Waals surface area contributed by atoms with Crippen molar-refractivity contribution in [2.75, 3.05) is 19.6 Å². The third-order valence-corrected chi connectivity index (χ3v) is 10.1. The average Bonchev–Trinajstić information content (AvgIpc) is 3.24. The van der Waals surface area contributed by atoms with E-state index < -0.39 is 21.3 Å². The summed E-state index contributed by atoms with van der Waals surface area (Å²) in [6.45, 7) is 0.860. The molecule has 1 aliphatic carbocycles. The molecule has 2 aliphatic heterocycles. The summed E-state index contributed by atoms with van der Waals surface area (Å²) in [6.07, 6.45) is 6.20. The number of nitrogens with zero attached hydrogens (tertiary/aromatic N) is 2. The average molecular weight is 568 g/mol. The fraction of sp³-hybridized carbons (Fsp3) is 0.393. The van der Waals surface area contributed by atoms with E-state index in [0.717, 1.165) is 35.3 Å². The maximum absolute atomic E-state index is 13.5. The molecule has 1 unspecified atom stereocenters. The highest BCUT2D eigenvalue weighted by molar-refractivity contribution is 7.90. The minimum atomic E-state index is -3.35. The molecule has 39 heavy (non-hydrogen) atoms. The molecule has 3 aliphatic rings. The largest absolute Gasteiger partial charge is 0.454 e. The predicted molar refractivity (Wildman–Crippen MR) is 145 cm³/mol. The van der Waals surface area contributed by atoms with Gasteiger partial charge in [0.15, 0.2) is 21.3 Å². The zero-order valence-corrected chi connectivity index (χ0v) is 23.1. The smallest absolute Gasteiger partial charge is 0.234 e. The van der Waals surface area contributed by atoms with Gasteiger partial charge in [-0.3, -0.25) is 14.5 Å². The number of hydrogen-bond donors (Lipinski definition) is 1. The molecule has 2 aromatic carbocycles. The Labute approximate surface area is 230 Å². The van der Waals surface area contributed by atoms with Crippen LogP contribution < -0.4 is 15.2 Å². The monoisotopic (exact) mass is 567 g/mol. The topological polar surface area (TPSA) is 129 Å². The highest BCUT2D eigenvalue weighted by Crippen LogP contribution is 2.52. The van der Waals surface area contributed by atoms with Gasteiger partial charge in [0.1, 0.15) is 10.8 Å². The lowest BCUT2D eigenvalue weighted by molar-refractivity contribution is -0.123. The molecule has 1 saturated carbocycles. The van der Waals surface area contributed by atoms with Crippen LogP contribution in [0.2, 0.25) is 0 Å². The van der Waals surface area contributed by atoms with Crippen molar-refractivity contribution in [1.29, 1.82) is 0 Å². The molecular formula is C28H29N3O6S2. The molecule has 6 rings (SSSR count). The molecule has 3 aromatic rings. The van der Waals surface area contributed by atoms with Crippen LogP contribution in [0.15, 0.2) is 53.6 Å². The third-order valence-electron chi connectivity index (χ3n) is 7.94. The predicted octanol–water partition coefficient (Wildman–Crippen LogP) is 3.16. The van der Waals surface area contributed by atoms with E-state index in [9.17, 15) is 18.0 Å². The van der Waals surface area contributed by atoms with Gasteiger partial charge in [-0.1, -0.05) is 18.2 Å². The van der Waals surface area contributed by atoms with Gasteiger partial charge in [-0.05, 0) is 67.6 Å². The Kier molecular flexibility index (Phi) is 6.47. The van der Waals surface area contributed by atoms with Crippen LogP contribution >= 0.6 is 11.3 Å². The van der Waals surface area contributed by atoms with Gasteiger partial charge in [-0.15, -0.1) is 11.3 Å². The van der Waals surface area contributed by atoms with E-state index in [-0.39, 0.29) is 35.8 Å². The molecule has 2 atom stereocenters. The van der Waals surface area contributed by atoms with Gasteiger partial charge in [-0.2, -0.15) is 0 Å². The third kappa shape index (κ3) is 4.83. The minimum Gasteiger partial charge on any atom is -0.454 e. The van der Waals surface area contributed by atoms with Crippen molar-refractivity contribution in [3.8, 4) is 11.5 Å². The van der Waals surface area contributed by atoms with Crippen LogP contribution in [0.5, 0.6) is 11.5 Å². The SMILES string of the molecule is CS(=O)(=O)c1ccc(C(c2cnc(CC(=O)C3(c4ccc5c(c4)OCO5)CC3)s2)N2CCC[C@H]2C(N)=O)cc1. The second-order valence-corrected chi connectivity index (χ2v) is 13.6. The Bertz CT molecular complexity index is 1550. The number of rotatable bonds is 9. The standard InChI is InChI=1S/C28H29N3O6S2/c1-39(34,35)19-7-4-17(5-8-19)26(31-12-2-3-20(31)27(29)33)23-15-30-25(38-23)14-24(32)28(10-11-28)18-6-9-21-22(13-18)37-16-36-21/h4-9,13,15,20,26H,2-3,10-12,14,16H2,1H3,(H2,29,33)/t20-,26?/m0/s1. The molecule has 1 saturated heterocycles. The summed E-state index contributed by atoms with van der Waals surface area (Å²) < 4.78 is 34.9. The molecule has 204 valence electrons. The van der Waals surface area contributed by atoms with Crippen LogP contribution in [0.25, 0.3) is 0 Å². The van der Waals surface area contributed by atoms with Crippen molar-refractivity contribution in [1.82, 2.24) is 9.88 Å². The first-order valence-electron chi connectivity index (χ1n) is 12.9. The van der Waals surface area contributed by atoms with E-state index in [4.69, 9.17) is 15.2 Å². The van der Waals surface area contributed by atoms with E-state index >= 15 is 0 Å². The molecule has 0 bridgehead atoms. The van der Waals surface area contributed by atoms with Crippen molar-refractivity contribution in [3.05, 3.63) is 69.7 Å². The van der Waals surface area contributed by atoms with Gasteiger partial charge < -0.3 is 15.2 Å².